The standard InChI is InChI=1S/C21H27NO3/c1-5-15(3)17-11-13-18(14-12-17)21(23)22-19-9-7-8-10-20(19)25-16(4)24-6-2/h7-16H,5-6H2,1-4H3,(H,22,23). The van der Waals surface area contributed by atoms with Crippen molar-refractivity contribution in [2.24, 2.45) is 0 Å². The Balaban J connectivity index is 2.10. The summed E-state index contributed by atoms with van der Waals surface area (Å²) >= 11 is 0. The van der Waals surface area contributed by atoms with E-state index in [9.17, 15) is 4.79 Å². The highest BCUT2D eigenvalue weighted by atomic mass is 16.7. The van der Waals surface area contributed by atoms with E-state index in [-0.39, 0.29) is 12.2 Å². The lowest BCUT2D eigenvalue weighted by Crippen LogP contribution is -2.18. The van der Waals surface area contributed by atoms with Crippen LogP contribution in [0.1, 0.15) is 56.0 Å². The number of hydrogen-bond donors (Lipinski definition) is 1. The molecule has 2 aromatic rings. The molecule has 4 nitrogen and oxygen atoms in total. The highest BCUT2D eigenvalue weighted by Crippen LogP contribution is 2.26. The largest absolute Gasteiger partial charge is 0.463 e. The van der Waals surface area contributed by atoms with E-state index in [1.807, 2.05) is 62.4 Å². The molecule has 2 atom stereocenters. The maximum absolute atomic E-state index is 12.5. The van der Waals surface area contributed by atoms with E-state index in [2.05, 4.69) is 19.2 Å². The quantitative estimate of drug-likeness (QED) is 0.670. The molecule has 0 aromatic heterocycles. The van der Waals surface area contributed by atoms with E-state index in [0.717, 1.165) is 6.42 Å². The predicted octanol–water partition coefficient (Wildman–Crippen LogP) is 5.21. The van der Waals surface area contributed by atoms with Gasteiger partial charge in [0.05, 0.1) is 5.69 Å². The van der Waals surface area contributed by atoms with Crippen molar-refractivity contribution in [3.63, 3.8) is 0 Å². The molecule has 0 radical (unpaired) electrons. The van der Waals surface area contributed by atoms with Crippen LogP contribution in [-0.4, -0.2) is 18.8 Å². The molecule has 0 fully saturated rings. The smallest absolute Gasteiger partial charge is 0.255 e. The van der Waals surface area contributed by atoms with Crippen LogP contribution < -0.4 is 10.1 Å². The maximum atomic E-state index is 12.5. The molecule has 134 valence electrons. The van der Waals surface area contributed by atoms with Crippen molar-refractivity contribution in [3.05, 3.63) is 59.7 Å². The first kappa shape index (κ1) is 19.0. The van der Waals surface area contributed by atoms with Gasteiger partial charge in [-0.2, -0.15) is 0 Å². The first-order valence-electron chi connectivity index (χ1n) is 8.83. The zero-order valence-corrected chi connectivity index (χ0v) is 15.4. The van der Waals surface area contributed by atoms with E-state index < -0.39 is 0 Å². The van der Waals surface area contributed by atoms with Crippen LogP contribution in [0.15, 0.2) is 48.5 Å². The van der Waals surface area contributed by atoms with Crippen LogP contribution in [0.2, 0.25) is 0 Å². The van der Waals surface area contributed by atoms with Crippen molar-refractivity contribution in [2.75, 3.05) is 11.9 Å². The maximum Gasteiger partial charge on any atom is 0.255 e. The molecule has 2 unspecified atom stereocenters. The number of amides is 1. The molecule has 0 heterocycles. The Morgan fingerprint density at radius 1 is 1.04 bits per heavy atom. The summed E-state index contributed by atoms with van der Waals surface area (Å²) < 4.78 is 11.2. The Bertz CT molecular complexity index is 682. The topological polar surface area (TPSA) is 47.6 Å². The van der Waals surface area contributed by atoms with Gasteiger partial charge in [-0.05, 0) is 56.0 Å². The Morgan fingerprint density at radius 3 is 2.36 bits per heavy atom. The Hall–Kier alpha value is -2.33. The molecule has 0 aliphatic rings. The number of hydrogen-bond acceptors (Lipinski definition) is 3. The zero-order valence-electron chi connectivity index (χ0n) is 15.4. The van der Waals surface area contributed by atoms with E-state index >= 15 is 0 Å². The molecule has 2 rings (SSSR count). The van der Waals surface area contributed by atoms with Crippen molar-refractivity contribution in [1.82, 2.24) is 0 Å². The van der Waals surface area contributed by atoms with Gasteiger partial charge in [0.2, 0.25) is 0 Å². The average molecular weight is 341 g/mol. The number of benzene rings is 2. The minimum atomic E-state index is -0.377. The van der Waals surface area contributed by atoms with E-state index in [4.69, 9.17) is 9.47 Å². The summed E-state index contributed by atoms with van der Waals surface area (Å²) in [6.07, 6.45) is 0.701. The van der Waals surface area contributed by atoms with Crippen molar-refractivity contribution in [2.45, 2.75) is 46.3 Å². The first-order valence-corrected chi connectivity index (χ1v) is 8.83. The molecule has 0 saturated heterocycles. The van der Waals surface area contributed by atoms with Crippen LogP contribution in [-0.2, 0) is 4.74 Å². The van der Waals surface area contributed by atoms with Gasteiger partial charge in [-0.15, -0.1) is 0 Å². The molecule has 1 amide bonds. The average Bonchev–Trinajstić information content (AvgIpc) is 2.63. The van der Waals surface area contributed by atoms with Crippen LogP contribution in [0.4, 0.5) is 5.69 Å². The van der Waals surface area contributed by atoms with Gasteiger partial charge in [0.1, 0.15) is 5.75 Å². The summed E-state index contributed by atoms with van der Waals surface area (Å²) in [7, 11) is 0. The van der Waals surface area contributed by atoms with E-state index in [0.29, 0.717) is 29.5 Å². The third-order valence-corrected chi connectivity index (χ3v) is 4.18. The van der Waals surface area contributed by atoms with E-state index in [1.54, 1.807) is 0 Å². The number of ether oxygens (including phenoxy) is 2. The van der Waals surface area contributed by atoms with Crippen molar-refractivity contribution in [3.8, 4) is 5.75 Å². The molecule has 0 aliphatic carbocycles. The number of para-hydroxylation sites is 2. The van der Waals surface area contributed by atoms with Gasteiger partial charge < -0.3 is 14.8 Å². The van der Waals surface area contributed by atoms with Gasteiger partial charge in [-0.3, -0.25) is 4.79 Å². The second-order valence-corrected chi connectivity index (χ2v) is 6.02. The Morgan fingerprint density at radius 2 is 1.72 bits per heavy atom. The fraction of sp³-hybridized carbons (Fsp3) is 0.381. The zero-order chi connectivity index (χ0) is 18.2. The summed E-state index contributed by atoms with van der Waals surface area (Å²) in [6, 6.07) is 15.1. The normalized spacial score (nSPS) is 13.1. The lowest BCUT2D eigenvalue weighted by Gasteiger charge is -2.17. The third kappa shape index (κ3) is 5.33. The number of nitrogens with one attached hydrogen (secondary N) is 1. The van der Waals surface area contributed by atoms with Crippen LogP contribution in [0.3, 0.4) is 0 Å². The Labute approximate surface area is 150 Å². The minimum absolute atomic E-state index is 0.157. The predicted molar refractivity (Wildman–Crippen MR) is 101 cm³/mol. The number of rotatable bonds is 8. The number of carbonyl (C=O) groups excluding carboxylic acids is 1. The fourth-order valence-electron chi connectivity index (χ4n) is 2.51. The molecule has 0 bridgehead atoms. The fourth-order valence-corrected chi connectivity index (χ4v) is 2.51. The highest BCUT2D eigenvalue weighted by molar-refractivity contribution is 6.05. The van der Waals surface area contributed by atoms with Gasteiger partial charge >= 0.3 is 0 Å². The van der Waals surface area contributed by atoms with Gasteiger partial charge in [0.25, 0.3) is 5.91 Å². The van der Waals surface area contributed by atoms with Gasteiger partial charge in [-0.1, -0.05) is 38.1 Å². The molecule has 0 spiro atoms. The number of carbonyl (C=O) groups is 1. The van der Waals surface area contributed by atoms with Gasteiger partial charge in [0.15, 0.2) is 6.29 Å². The molecule has 25 heavy (non-hydrogen) atoms. The summed E-state index contributed by atoms with van der Waals surface area (Å²) in [5.74, 6) is 0.926. The number of anilines is 1. The summed E-state index contributed by atoms with van der Waals surface area (Å²) in [5, 5.41) is 2.92. The summed E-state index contributed by atoms with van der Waals surface area (Å²) in [5.41, 5.74) is 2.50. The van der Waals surface area contributed by atoms with Crippen molar-refractivity contribution < 1.29 is 14.3 Å². The van der Waals surface area contributed by atoms with Gasteiger partial charge in [0, 0.05) is 12.2 Å². The van der Waals surface area contributed by atoms with E-state index in [1.165, 1.54) is 5.56 Å². The molecule has 1 N–H and O–H groups in total. The van der Waals surface area contributed by atoms with Gasteiger partial charge in [-0.25, -0.2) is 0 Å². The lowest BCUT2D eigenvalue weighted by atomic mass is 9.97. The Kier molecular flexibility index (Phi) is 7.02. The van der Waals surface area contributed by atoms with Crippen molar-refractivity contribution >= 4 is 11.6 Å². The second-order valence-electron chi connectivity index (χ2n) is 6.02. The third-order valence-electron chi connectivity index (χ3n) is 4.18. The molecular formula is C21H27NO3. The van der Waals surface area contributed by atoms with Crippen LogP contribution in [0, 0.1) is 0 Å². The summed E-state index contributed by atoms with van der Waals surface area (Å²) in [6.45, 7) is 8.65. The highest BCUT2D eigenvalue weighted by Gasteiger charge is 2.12. The molecule has 0 aliphatic heterocycles. The molecule has 4 heteroatoms. The second kappa shape index (κ2) is 9.23. The lowest BCUT2D eigenvalue weighted by molar-refractivity contribution is -0.0609. The molecule has 2 aromatic carbocycles. The molecule has 0 saturated carbocycles. The monoisotopic (exact) mass is 341 g/mol. The first-order chi connectivity index (χ1) is 12.0. The van der Waals surface area contributed by atoms with Crippen LogP contribution in [0.25, 0.3) is 0 Å². The van der Waals surface area contributed by atoms with Crippen LogP contribution >= 0.6 is 0 Å². The van der Waals surface area contributed by atoms with Crippen LogP contribution in [0.5, 0.6) is 5.75 Å². The van der Waals surface area contributed by atoms with Crippen molar-refractivity contribution in [1.29, 1.82) is 0 Å². The SMILES string of the molecule is CCOC(C)Oc1ccccc1NC(=O)c1ccc(C(C)CC)cc1. The minimum Gasteiger partial charge on any atom is -0.463 e. The molecular weight excluding hydrogens is 314 g/mol. The summed E-state index contributed by atoms with van der Waals surface area (Å²) in [4.78, 5) is 12.5.